The van der Waals surface area contributed by atoms with Crippen molar-refractivity contribution in [3.05, 3.63) is 23.3 Å². The number of Topliss-reactive ketones (excluding diaryl/α,β-unsaturated/α-hetero) is 1. The van der Waals surface area contributed by atoms with Gasteiger partial charge in [0.15, 0.2) is 5.78 Å². The average molecular weight is 426 g/mol. The van der Waals surface area contributed by atoms with Crippen LogP contribution >= 0.6 is 0 Å². The molecular formula is C19H26N2O7S. The van der Waals surface area contributed by atoms with Crippen LogP contribution < -0.4 is 10.1 Å². The van der Waals surface area contributed by atoms with Crippen LogP contribution in [0, 0.1) is 13.8 Å². The number of aryl methyl sites for hydroxylation is 2. The van der Waals surface area contributed by atoms with E-state index in [0.29, 0.717) is 29.7 Å². The van der Waals surface area contributed by atoms with Crippen LogP contribution in [-0.2, 0) is 29.1 Å². The normalized spacial score (nSPS) is 13.8. The summed E-state index contributed by atoms with van der Waals surface area (Å²) >= 11 is 0. The van der Waals surface area contributed by atoms with Crippen molar-refractivity contribution < 1.29 is 32.3 Å². The van der Waals surface area contributed by atoms with Gasteiger partial charge < -0.3 is 14.8 Å². The first-order valence-electron chi connectivity index (χ1n) is 9.25. The highest BCUT2D eigenvalue weighted by molar-refractivity contribution is 7.89. The van der Waals surface area contributed by atoms with Crippen molar-refractivity contribution in [2.24, 2.45) is 0 Å². The molecule has 0 aromatic heterocycles. The summed E-state index contributed by atoms with van der Waals surface area (Å²) in [6.07, 6.45) is 1.33. The molecule has 1 fully saturated rings. The quantitative estimate of drug-likeness (QED) is 0.456. The zero-order valence-electron chi connectivity index (χ0n) is 17.0. The second kappa shape index (κ2) is 9.36. The van der Waals surface area contributed by atoms with Crippen molar-refractivity contribution in [2.75, 3.05) is 26.8 Å². The van der Waals surface area contributed by atoms with Gasteiger partial charge in [-0.2, -0.15) is 4.31 Å². The lowest BCUT2D eigenvalue weighted by Crippen LogP contribution is -2.43. The fraction of sp³-hybridized carbons (Fsp3) is 0.526. The lowest BCUT2D eigenvalue weighted by molar-refractivity contribution is -0.154. The van der Waals surface area contributed by atoms with Crippen LogP contribution in [0.5, 0.6) is 5.75 Å². The number of sulfonamides is 1. The fourth-order valence-electron chi connectivity index (χ4n) is 3.00. The molecule has 0 aliphatic heterocycles. The number of nitrogens with one attached hydrogen (secondary N) is 1. The van der Waals surface area contributed by atoms with Gasteiger partial charge in [0.2, 0.25) is 10.0 Å². The topological polar surface area (TPSA) is 119 Å². The number of ether oxygens (including phenoxy) is 2. The third-order valence-corrected chi connectivity index (χ3v) is 6.63. The minimum Gasteiger partial charge on any atom is -0.497 e. The summed E-state index contributed by atoms with van der Waals surface area (Å²) in [7, 11) is -2.43. The molecule has 1 N–H and O–H groups in total. The van der Waals surface area contributed by atoms with Gasteiger partial charge in [0.1, 0.15) is 5.75 Å². The van der Waals surface area contributed by atoms with Gasteiger partial charge in [-0.1, -0.05) is 0 Å². The van der Waals surface area contributed by atoms with Crippen LogP contribution in [0.3, 0.4) is 0 Å². The molecule has 1 aromatic rings. The molecule has 0 atom stereocenters. The molecule has 2 rings (SSSR count). The molecule has 0 unspecified atom stereocenters. The number of carbonyl (C=O) groups excluding carboxylic acids is 3. The molecule has 9 nitrogen and oxygen atoms in total. The van der Waals surface area contributed by atoms with E-state index in [9.17, 15) is 22.8 Å². The molecule has 160 valence electrons. The summed E-state index contributed by atoms with van der Waals surface area (Å²) in [4.78, 5) is 35.3. The fourth-order valence-corrected chi connectivity index (χ4v) is 5.09. The van der Waals surface area contributed by atoms with Gasteiger partial charge in [-0.3, -0.25) is 9.59 Å². The standard InChI is InChI=1S/C19H26N2O7S/c1-5-28-19(24)18(23)20-10-15(22)11-21(14-6-7-14)29(25,26)17-12(2)8-16(27-4)9-13(17)3/h8-9,14H,5-7,10-11H2,1-4H3,(H,20,23). The smallest absolute Gasteiger partial charge is 0.396 e. The van der Waals surface area contributed by atoms with Gasteiger partial charge in [-0.05, 0) is 56.9 Å². The Morgan fingerprint density at radius 1 is 1.17 bits per heavy atom. The summed E-state index contributed by atoms with van der Waals surface area (Å²) in [6, 6.07) is 3.00. The van der Waals surface area contributed by atoms with Crippen molar-refractivity contribution in [3.63, 3.8) is 0 Å². The first-order chi connectivity index (χ1) is 13.6. The summed E-state index contributed by atoms with van der Waals surface area (Å²) in [5.74, 6) is -2.10. The average Bonchev–Trinajstić information content (AvgIpc) is 3.48. The zero-order chi connectivity index (χ0) is 21.8. The van der Waals surface area contributed by atoms with E-state index in [4.69, 9.17) is 4.74 Å². The third kappa shape index (κ3) is 5.54. The van der Waals surface area contributed by atoms with Crippen LogP contribution in [0.2, 0.25) is 0 Å². The number of amides is 1. The number of methoxy groups -OCH3 is 1. The Bertz CT molecular complexity index is 884. The Labute approximate surface area is 170 Å². The Balaban J connectivity index is 2.16. The highest BCUT2D eigenvalue weighted by atomic mass is 32.2. The number of esters is 1. The molecule has 1 saturated carbocycles. The van der Waals surface area contributed by atoms with Crippen LogP contribution in [0.4, 0.5) is 0 Å². The van der Waals surface area contributed by atoms with Crippen molar-refractivity contribution >= 4 is 27.7 Å². The number of carbonyl (C=O) groups is 3. The van der Waals surface area contributed by atoms with Crippen molar-refractivity contribution in [1.82, 2.24) is 9.62 Å². The van der Waals surface area contributed by atoms with Gasteiger partial charge >= 0.3 is 11.9 Å². The molecular weight excluding hydrogens is 400 g/mol. The molecule has 0 spiro atoms. The molecule has 1 amide bonds. The predicted octanol–water partition coefficient (Wildman–Crippen LogP) is 0.714. The van der Waals surface area contributed by atoms with E-state index in [0.717, 1.165) is 0 Å². The lowest BCUT2D eigenvalue weighted by atomic mass is 10.1. The van der Waals surface area contributed by atoms with Crippen LogP contribution in [0.15, 0.2) is 17.0 Å². The molecule has 0 radical (unpaired) electrons. The van der Waals surface area contributed by atoms with E-state index >= 15 is 0 Å². The molecule has 0 bridgehead atoms. The molecule has 0 heterocycles. The second-order valence-electron chi connectivity index (χ2n) is 6.81. The summed E-state index contributed by atoms with van der Waals surface area (Å²) < 4.78 is 37.5. The van der Waals surface area contributed by atoms with Crippen molar-refractivity contribution in [3.8, 4) is 5.75 Å². The number of hydrogen-bond acceptors (Lipinski definition) is 7. The first kappa shape index (κ1) is 22.8. The van der Waals surface area contributed by atoms with E-state index < -0.39 is 34.2 Å². The van der Waals surface area contributed by atoms with E-state index in [1.54, 1.807) is 32.9 Å². The first-order valence-corrected chi connectivity index (χ1v) is 10.7. The number of benzene rings is 1. The Morgan fingerprint density at radius 2 is 1.76 bits per heavy atom. The van der Waals surface area contributed by atoms with Gasteiger partial charge in [0, 0.05) is 6.04 Å². The summed E-state index contributed by atoms with van der Waals surface area (Å²) in [6.45, 7) is 4.09. The van der Waals surface area contributed by atoms with Gasteiger partial charge in [0.25, 0.3) is 0 Å². The number of hydrogen-bond donors (Lipinski definition) is 1. The van der Waals surface area contributed by atoms with Crippen LogP contribution in [0.25, 0.3) is 0 Å². The molecule has 1 aromatic carbocycles. The maximum absolute atomic E-state index is 13.3. The van der Waals surface area contributed by atoms with E-state index in [1.165, 1.54) is 11.4 Å². The molecule has 1 aliphatic rings. The minimum atomic E-state index is -3.93. The largest absolute Gasteiger partial charge is 0.497 e. The zero-order valence-corrected chi connectivity index (χ0v) is 17.8. The highest BCUT2D eigenvalue weighted by Crippen LogP contribution is 2.35. The van der Waals surface area contributed by atoms with Crippen LogP contribution in [0.1, 0.15) is 30.9 Å². The maximum Gasteiger partial charge on any atom is 0.396 e. The summed E-state index contributed by atoms with van der Waals surface area (Å²) in [5.41, 5.74) is 1.05. The summed E-state index contributed by atoms with van der Waals surface area (Å²) in [5, 5.41) is 2.16. The monoisotopic (exact) mass is 426 g/mol. The molecule has 10 heteroatoms. The third-order valence-electron chi connectivity index (χ3n) is 4.43. The van der Waals surface area contributed by atoms with Gasteiger partial charge in [0.05, 0.1) is 31.7 Å². The van der Waals surface area contributed by atoms with Gasteiger partial charge in [-0.25, -0.2) is 13.2 Å². The van der Waals surface area contributed by atoms with Crippen molar-refractivity contribution in [1.29, 1.82) is 0 Å². The Morgan fingerprint density at radius 3 is 2.24 bits per heavy atom. The molecule has 29 heavy (non-hydrogen) atoms. The van der Waals surface area contributed by atoms with E-state index in [1.807, 2.05) is 0 Å². The van der Waals surface area contributed by atoms with Crippen LogP contribution in [-0.4, -0.2) is 63.2 Å². The minimum absolute atomic E-state index is 0.0362. The predicted molar refractivity (Wildman–Crippen MR) is 104 cm³/mol. The lowest BCUT2D eigenvalue weighted by Gasteiger charge is -2.24. The van der Waals surface area contributed by atoms with E-state index in [-0.39, 0.29) is 24.1 Å². The SMILES string of the molecule is CCOC(=O)C(=O)NCC(=O)CN(C1CC1)S(=O)(=O)c1c(C)cc(OC)cc1C. The highest BCUT2D eigenvalue weighted by Gasteiger charge is 2.40. The molecule has 0 saturated heterocycles. The number of rotatable bonds is 9. The van der Waals surface area contributed by atoms with Crippen molar-refractivity contribution in [2.45, 2.75) is 44.6 Å². The maximum atomic E-state index is 13.3. The Hall–Kier alpha value is -2.46. The number of nitrogens with zero attached hydrogens (tertiary/aromatic N) is 1. The van der Waals surface area contributed by atoms with Gasteiger partial charge in [-0.15, -0.1) is 0 Å². The number of ketones is 1. The second-order valence-corrected chi connectivity index (χ2v) is 8.64. The van der Waals surface area contributed by atoms with E-state index in [2.05, 4.69) is 10.1 Å². The molecule has 1 aliphatic carbocycles. The Kier molecular flexibility index (Phi) is 7.37.